The second-order valence-electron chi connectivity index (χ2n) is 4.16. The molecule has 0 saturated carbocycles. The monoisotopic (exact) mass is 259 g/mol. The molecule has 2 rings (SSSR count). The Balaban J connectivity index is 2.17. The predicted octanol–water partition coefficient (Wildman–Crippen LogP) is 2.37. The van der Waals surface area contributed by atoms with Crippen molar-refractivity contribution in [3.63, 3.8) is 0 Å². The van der Waals surface area contributed by atoms with Gasteiger partial charge < -0.3 is 14.6 Å². The Labute approximate surface area is 112 Å². The molecule has 0 aliphatic rings. The molecule has 1 N–H and O–H groups in total. The topological polar surface area (TPSA) is 51.6 Å². The summed E-state index contributed by atoms with van der Waals surface area (Å²) in [6.07, 6.45) is 1.57. The third kappa shape index (κ3) is 3.23. The smallest absolute Gasteiger partial charge is 0.161 e. The zero-order valence-corrected chi connectivity index (χ0v) is 11.0. The average Bonchev–Trinajstić information content (AvgIpc) is 2.47. The van der Waals surface area contributed by atoms with Crippen LogP contribution in [-0.4, -0.2) is 24.3 Å². The molecule has 100 valence electrons. The molecule has 0 amide bonds. The van der Waals surface area contributed by atoms with Gasteiger partial charge >= 0.3 is 0 Å². The van der Waals surface area contributed by atoms with Crippen LogP contribution in [0.2, 0.25) is 0 Å². The molecule has 19 heavy (non-hydrogen) atoms. The quantitative estimate of drug-likeness (QED) is 0.895. The molecule has 1 atom stereocenters. The molecule has 0 aliphatic heterocycles. The highest BCUT2D eigenvalue weighted by atomic mass is 16.5. The molecule has 0 saturated heterocycles. The largest absolute Gasteiger partial charge is 0.493 e. The van der Waals surface area contributed by atoms with E-state index in [1.807, 2.05) is 24.3 Å². The zero-order chi connectivity index (χ0) is 13.7. The lowest BCUT2D eigenvalue weighted by atomic mass is 10.0. The molecule has 0 unspecified atom stereocenters. The van der Waals surface area contributed by atoms with Crippen molar-refractivity contribution in [1.82, 2.24) is 4.98 Å². The first-order chi connectivity index (χ1) is 9.24. The number of aliphatic hydroxyl groups is 1. The number of methoxy groups -OCH3 is 2. The number of aromatic nitrogens is 1. The van der Waals surface area contributed by atoms with Gasteiger partial charge in [0, 0.05) is 18.3 Å². The zero-order valence-electron chi connectivity index (χ0n) is 11.0. The van der Waals surface area contributed by atoms with Crippen LogP contribution < -0.4 is 9.47 Å². The van der Waals surface area contributed by atoms with E-state index in [1.54, 1.807) is 32.5 Å². The van der Waals surface area contributed by atoms with Crippen molar-refractivity contribution in [3.8, 4) is 11.5 Å². The fourth-order valence-electron chi connectivity index (χ4n) is 1.89. The molecule has 1 aromatic heterocycles. The SMILES string of the molecule is COc1ccc([C@H](O)Cc2ccccn2)cc1OC. The Morgan fingerprint density at radius 1 is 1.11 bits per heavy atom. The highest BCUT2D eigenvalue weighted by Gasteiger charge is 2.12. The van der Waals surface area contributed by atoms with Crippen molar-refractivity contribution in [2.45, 2.75) is 12.5 Å². The van der Waals surface area contributed by atoms with Gasteiger partial charge in [-0.3, -0.25) is 4.98 Å². The van der Waals surface area contributed by atoms with Gasteiger partial charge in [0.1, 0.15) is 0 Å². The molecule has 0 radical (unpaired) electrons. The van der Waals surface area contributed by atoms with E-state index in [4.69, 9.17) is 9.47 Å². The summed E-state index contributed by atoms with van der Waals surface area (Å²) in [5, 5.41) is 10.2. The maximum absolute atomic E-state index is 10.2. The molecular weight excluding hydrogens is 242 g/mol. The van der Waals surface area contributed by atoms with Crippen LogP contribution in [0.1, 0.15) is 17.4 Å². The van der Waals surface area contributed by atoms with Gasteiger partial charge in [-0.15, -0.1) is 0 Å². The van der Waals surface area contributed by atoms with Gasteiger partial charge in [0.05, 0.1) is 20.3 Å². The van der Waals surface area contributed by atoms with E-state index in [9.17, 15) is 5.11 Å². The highest BCUT2D eigenvalue weighted by Crippen LogP contribution is 2.30. The van der Waals surface area contributed by atoms with Gasteiger partial charge in [-0.2, -0.15) is 0 Å². The number of aliphatic hydroxyl groups excluding tert-OH is 1. The molecular formula is C15H17NO3. The summed E-state index contributed by atoms with van der Waals surface area (Å²) in [4.78, 5) is 4.20. The third-order valence-electron chi connectivity index (χ3n) is 2.92. The number of rotatable bonds is 5. The summed E-state index contributed by atoms with van der Waals surface area (Å²) in [6, 6.07) is 11.1. The first-order valence-corrected chi connectivity index (χ1v) is 6.04. The summed E-state index contributed by atoms with van der Waals surface area (Å²) in [6.45, 7) is 0. The Hall–Kier alpha value is -2.07. The molecule has 0 bridgehead atoms. The number of hydrogen-bond acceptors (Lipinski definition) is 4. The van der Waals surface area contributed by atoms with Crippen LogP contribution in [0.5, 0.6) is 11.5 Å². The summed E-state index contributed by atoms with van der Waals surface area (Å²) in [5.41, 5.74) is 1.63. The third-order valence-corrected chi connectivity index (χ3v) is 2.92. The summed E-state index contributed by atoms with van der Waals surface area (Å²) < 4.78 is 10.4. The van der Waals surface area contributed by atoms with Crippen molar-refractivity contribution in [2.24, 2.45) is 0 Å². The number of ether oxygens (including phenoxy) is 2. The normalized spacial score (nSPS) is 11.9. The van der Waals surface area contributed by atoms with Gasteiger partial charge in [-0.25, -0.2) is 0 Å². The van der Waals surface area contributed by atoms with Crippen LogP contribution in [0, 0.1) is 0 Å². The number of pyridine rings is 1. The standard InChI is InChI=1S/C15H17NO3/c1-18-14-7-6-11(9-15(14)19-2)13(17)10-12-5-3-4-8-16-12/h3-9,13,17H,10H2,1-2H3/t13-/m1/s1. The first-order valence-electron chi connectivity index (χ1n) is 6.04. The van der Waals surface area contributed by atoms with Crippen molar-refractivity contribution in [2.75, 3.05) is 14.2 Å². The van der Waals surface area contributed by atoms with Gasteiger partial charge in [0.25, 0.3) is 0 Å². The van der Waals surface area contributed by atoms with Gasteiger partial charge in [0.2, 0.25) is 0 Å². The minimum Gasteiger partial charge on any atom is -0.493 e. The molecule has 0 spiro atoms. The number of benzene rings is 1. The average molecular weight is 259 g/mol. The second kappa shape index (κ2) is 6.20. The Morgan fingerprint density at radius 2 is 1.89 bits per heavy atom. The van der Waals surface area contributed by atoms with Crippen LogP contribution in [0.25, 0.3) is 0 Å². The maximum atomic E-state index is 10.2. The van der Waals surface area contributed by atoms with Crippen LogP contribution >= 0.6 is 0 Å². The van der Waals surface area contributed by atoms with Gasteiger partial charge in [-0.05, 0) is 29.8 Å². The Kier molecular flexibility index (Phi) is 4.36. The summed E-state index contributed by atoms with van der Waals surface area (Å²) >= 11 is 0. The van der Waals surface area contributed by atoms with Crippen molar-refractivity contribution < 1.29 is 14.6 Å². The van der Waals surface area contributed by atoms with E-state index < -0.39 is 6.10 Å². The molecule has 0 fully saturated rings. The van der Waals surface area contributed by atoms with Crippen molar-refractivity contribution >= 4 is 0 Å². The first kappa shape index (κ1) is 13.4. The van der Waals surface area contributed by atoms with E-state index in [0.29, 0.717) is 17.9 Å². The van der Waals surface area contributed by atoms with Crippen LogP contribution in [0.15, 0.2) is 42.6 Å². The van der Waals surface area contributed by atoms with Crippen LogP contribution in [0.3, 0.4) is 0 Å². The van der Waals surface area contributed by atoms with Crippen LogP contribution in [-0.2, 0) is 6.42 Å². The summed E-state index contributed by atoms with van der Waals surface area (Å²) in [5.74, 6) is 1.26. The Bertz CT molecular complexity index is 528. The van der Waals surface area contributed by atoms with Gasteiger partial charge in [0.15, 0.2) is 11.5 Å². The highest BCUT2D eigenvalue weighted by molar-refractivity contribution is 5.43. The van der Waals surface area contributed by atoms with E-state index >= 15 is 0 Å². The van der Waals surface area contributed by atoms with Crippen molar-refractivity contribution in [1.29, 1.82) is 0 Å². The maximum Gasteiger partial charge on any atom is 0.161 e. The fourth-order valence-corrected chi connectivity index (χ4v) is 1.89. The molecule has 4 nitrogen and oxygen atoms in total. The van der Waals surface area contributed by atoms with E-state index in [-0.39, 0.29) is 0 Å². The lowest BCUT2D eigenvalue weighted by molar-refractivity contribution is 0.176. The lowest BCUT2D eigenvalue weighted by Crippen LogP contribution is -2.04. The van der Waals surface area contributed by atoms with E-state index in [1.165, 1.54) is 0 Å². The molecule has 1 aromatic carbocycles. The molecule has 2 aromatic rings. The minimum absolute atomic E-state index is 0.469. The molecule has 0 aliphatic carbocycles. The number of nitrogens with zero attached hydrogens (tertiary/aromatic N) is 1. The molecule has 1 heterocycles. The Morgan fingerprint density at radius 3 is 2.53 bits per heavy atom. The predicted molar refractivity (Wildman–Crippen MR) is 72.4 cm³/mol. The van der Waals surface area contributed by atoms with E-state index in [2.05, 4.69) is 4.98 Å². The minimum atomic E-state index is -0.616. The van der Waals surface area contributed by atoms with Crippen molar-refractivity contribution in [3.05, 3.63) is 53.9 Å². The van der Waals surface area contributed by atoms with Crippen LogP contribution in [0.4, 0.5) is 0 Å². The van der Waals surface area contributed by atoms with E-state index in [0.717, 1.165) is 11.3 Å². The van der Waals surface area contributed by atoms with Gasteiger partial charge in [-0.1, -0.05) is 12.1 Å². The number of hydrogen-bond donors (Lipinski definition) is 1. The lowest BCUT2D eigenvalue weighted by Gasteiger charge is -2.13. The second-order valence-corrected chi connectivity index (χ2v) is 4.16. The summed E-state index contributed by atoms with van der Waals surface area (Å²) in [7, 11) is 3.16. The molecule has 4 heteroatoms. The fraction of sp³-hybridized carbons (Fsp3) is 0.267.